The van der Waals surface area contributed by atoms with E-state index >= 15 is 0 Å². The van der Waals surface area contributed by atoms with Crippen LogP contribution in [0, 0.1) is 0 Å². The lowest BCUT2D eigenvalue weighted by Crippen LogP contribution is -2.60. The second-order valence-electron chi connectivity index (χ2n) is 14.9. The number of hydrogen-bond acceptors (Lipinski definition) is 11. The lowest BCUT2D eigenvalue weighted by Gasteiger charge is -2.41. The normalized spacial score (nSPS) is 21.1. The third-order valence-corrected chi connectivity index (χ3v) is 10.1. The van der Waals surface area contributed by atoms with Gasteiger partial charge in [-0.3, -0.25) is 9.35 Å². The Morgan fingerprint density at radius 2 is 1.17 bits per heavy atom. The van der Waals surface area contributed by atoms with Crippen molar-refractivity contribution in [2.24, 2.45) is 0 Å². The van der Waals surface area contributed by atoms with E-state index < -0.39 is 59.8 Å². The van der Waals surface area contributed by atoms with E-state index in [0.717, 1.165) is 83.5 Å². The Morgan fingerprint density at radius 1 is 0.661 bits per heavy atom. The molecule has 0 aromatic carbocycles. The molecular weight excluding hydrogens is 777 g/mol. The van der Waals surface area contributed by atoms with E-state index in [2.05, 4.69) is 90.9 Å². The molecule has 0 amide bonds. The van der Waals surface area contributed by atoms with Gasteiger partial charge < -0.3 is 34.3 Å². The van der Waals surface area contributed by atoms with Crippen LogP contribution in [0.25, 0.3) is 0 Å². The van der Waals surface area contributed by atoms with E-state index in [1.807, 2.05) is 0 Å². The number of unbranched alkanes of at least 4 members (excludes halogenated alkanes) is 12. The summed E-state index contributed by atoms with van der Waals surface area (Å²) in [5.41, 5.74) is 0. The Bertz CT molecular complexity index is 1310. The van der Waals surface area contributed by atoms with Gasteiger partial charge in [-0.05, 0) is 64.2 Å². The number of carbonyl (C=O) groups excluding carboxylic acids is 1. The summed E-state index contributed by atoms with van der Waals surface area (Å²) < 4.78 is 58.9. The quantitative estimate of drug-likeness (QED) is 0.0202. The first-order chi connectivity index (χ1) is 28.6. The van der Waals surface area contributed by atoms with E-state index in [4.69, 9.17) is 23.5 Å². The van der Waals surface area contributed by atoms with Crippen LogP contribution < -0.4 is 0 Å². The third-order valence-electron chi connectivity index (χ3n) is 9.59. The van der Waals surface area contributed by atoms with E-state index in [0.29, 0.717) is 13.0 Å². The van der Waals surface area contributed by atoms with Crippen LogP contribution in [0.2, 0.25) is 0 Å². The van der Waals surface area contributed by atoms with Crippen LogP contribution in [0.1, 0.15) is 149 Å². The van der Waals surface area contributed by atoms with Gasteiger partial charge in [0.2, 0.25) is 0 Å². The van der Waals surface area contributed by atoms with Crippen molar-refractivity contribution < 1.29 is 56.2 Å². The molecule has 1 heterocycles. The van der Waals surface area contributed by atoms with Gasteiger partial charge in [-0.2, -0.15) is 8.42 Å². The Morgan fingerprint density at radius 3 is 1.71 bits per heavy atom. The number of ether oxygens (including phenoxy) is 4. The lowest BCUT2D eigenvalue weighted by atomic mass is 9.99. The van der Waals surface area contributed by atoms with Crippen LogP contribution in [-0.2, 0) is 38.3 Å². The van der Waals surface area contributed by atoms with E-state index in [1.54, 1.807) is 0 Å². The predicted octanol–water partition coefficient (Wildman–Crippen LogP) is 9.13. The highest BCUT2D eigenvalue weighted by Gasteiger charge is 2.48. The van der Waals surface area contributed by atoms with Gasteiger partial charge in [0.05, 0.1) is 19.8 Å². The molecule has 1 aliphatic rings. The average molecular weight is 855 g/mol. The Labute approximate surface area is 356 Å². The lowest BCUT2D eigenvalue weighted by molar-refractivity contribution is -0.301. The fraction of sp³-hybridized carbons (Fsp3) is 0.717. The second kappa shape index (κ2) is 37.3. The van der Waals surface area contributed by atoms with Crippen LogP contribution in [0.3, 0.4) is 0 Å². The maximum absolute atomic E-state index is 12.8. The van der Waals surface area contributed by atoms with Gasteiger partial charge in [-0.25, -0.2) is 4.18 Å². The van der Waals surface area contributed by atoms with Gasteiger partial charge in [-0.15, -0.1) is 0 Å². The van der Waals surface area contributed by atoms with Gasteiger partial charge in [-0.1, -0.05) is 151 Å². The van der Waals surface area contributed by atoms with Crippen molar-refractivity contribution in [3.8, 4) is 0 Å². The molecule has 1 fully saturated rings. The van der Waals surface area contributed by atoms with Crippen LogP contribution in [-0.4, -0.2) is 97.5 Å². The third kappa shape index (κ3) is 31.1. The number of rotatable bonds is 37. The summed E-state index contributed by atoms with van der Waals surface area (Å²) in [4.78, 5) is 12.8. The molecule has 12 nitrogen and oxygen atoms in total. The molecule has 1 aliphatic heterocycles. The first kappa shape index (κ1) is 54.6. The first-order valence-corrected chi connectivity index (χ1v) is 23.6. The molecule has 0 aromatic rings. The molecule has 59 heavy (non-hydrogen) atoms. The maximum atomic E-state index is 12.8. The van der Waals surface area contributed by atoms with Crippen molar-refractivity contribution >= 4 is 16.4 Å². The molecule has 0 saturated carbocycles. The van der Waals surface area contributed by atoms with Crippen molar-refractivity contribution in [2.75, 3.05) is 26.4 Å². The summed E-state index contributed by atoms with van der Waals surface area (Å²) in [7, 11) is -5.06. The number of aliphatic hydroxyl groups excluding tert-OH is 3. The Hall–Kier alpha value is -2.46. The fourth-order valence-electron chi connectivity index (χ4n) is 6.26. The zero-order chi connectivity index (χ0) is 43.2. The van der Waals surface area contributed by atoms with Gasteiger partial charge in [0.1, 0.15) is 30.5 Å². The highest BCUT2D eigenvalue weighted by atomic mass is 32.3. The standard InChI is InChI=1S/C46H78O12S/c1-3-5-7-9-11-13-14-15-16-17-18-19-20-21-22-23-24-25-26-27-29-31-33-35-42(48)56-40(38-54-36-34-32-30-28-12-10-8-6-4-2)39-55-46-44(50)45(58-59(51,52)53)43(49)41(37-47)57-46/h5,7,11,13,15-16,18-19,21-22,24-25,40-41,43-47,49-50H,3-4,6,8-10,12,14,17,20,23,26-39H2,1-2H3,(H,51,52,53)/b7-5-,13-11-,16-15-,19-18-,22-21-,25-24-. The highest BCUT2D eigenvalue weighted by molar-refractivity contribution is 7.80. The van der Waals surface area contributed by atoms with Crippen molar-refractivity contribution in [3.05, 3.63) is 72.9 Å². The fourth-order valence-corrected chi connectivity index (χ4v) is 6.77. The summed E-state index contributed by atoms with van der Waals surface area (Å²) in [6.45, 7) is 3.80. The molecule has 0 aliphatic carbocycles. The smallest absolute Gasteiger partial charge is 0.397 e. The van der Waals surface area contributed by atoms with Crippen molar-refractivity contribution in [1.29, 1.82) is 0 Å². The minimum Gasteiger partial charge on any atom is -0.457 e. The minimum absolute atomic E-state index is 0.0224. The van der Waals surface area contributed by atoms with Crippen LogP contribution in [0.15, 0.2) is 72.9 Å². The van der Waals surface area contributed by atoms with Crippen molar-refractivity contribution in [3.63, 3.8) is 0 Å². The predicted molar refractivity (Wildman–Crippen MR) is 234 cm³/mol. The van der Waals surface area contributed by atoms with Gasteiger partial charge in [0.15, 0.2) is 6.29 Å². The largest absolute Gasteiger partial charge is 0.457 e. The van der Waals surface area contributed by atoms with E-state index in [9.17, 15) is 28.5 Å². The molecule has 13 heteroatoms. The molecule has 340 valence electrons. The minimum atomic E-state index is -5.06. The van der Waals surface area contributed by atoms with Crippen molar-refractivity contribution in [2.45, 2.75) is 185 Å². The molecule has 0 spiro atoms. The summed E-state index contributed by atoms with van der Waals surface area (Å²) >= 11 is 0. The zero-order valence-corrected chi connectivity index (χ0v) is 36.8. The number of carbonyl (C=O) groups is 1. The number of hydrogen-bond donors (Lipinski definition) is 4. The topological polar surface area (TPSA) is 178 Å². The Kier molecular flexibility index (Phi) is 34.5. The molecule has 0 aromatic heterocycles. The summed E-state index contributed by atoms with van der Waals surface area (Å²) in [6, 6.07) is 0. The van der Waals surface area contributed by atoms with Crippen molar-refractivity contribution in [1.82, 2.24) is 0 Å². The second-order valence-corrected chi connectivity index (χ2v) is 16.0. The number of aliphatic hydroxyl groups is 3. The molecule has 1 saturated heterocycles. The molecule has 0 radical (unpaired) electrons. The van der Waals surface area contributed by atoms with Gasteiger partial charge in [0.25, 0.3) is 0 Å². The number of esters is 1. The summed E-state index contributed by atoms with van der Waals surface area (Å²) in [5, 5.41) is 30.6. The molecule has 6 atom stereocenters. The summed E-state index contributed by atoms with van der Waals surface area (Å²) in [5.74, 6) is -0.427. The SMILES string of the molecule is CC/C=C\C/C=C\C/C=C\C/C=C\C/C=C\C/C=C\CCCCCCC(=O)OC(COCCCCCCCCCCC)COC1OC(CO)C(O)C(OS(=O)(=O)O)C1O. The van der Waals surface area contributed by atoms with Crippen LogP contribution in [0.5, 0.6) is 0 Å². The highest BCUT2D eigenvalue weighted by Crippen LogP contribution is 2.26. The Balaban J connectivity index is 2.41. The maximum Gasteiger partial charge on any atom is 0.397 e. The van der Waals surface area contributed by atoms with Gasteiger partial charge in [0, 0.05) is 13.0 Å². The molecular formula is C46H78O12S. The molecule has 0 bridgehead atoms. The average Bonchev–Trinajstić information content (AvgIpc) is 3.20. The summed E-state index contributed by atoms with van der Waals surface area (Å²) in [6.07, 6.45) is 38.0. The monoisotopic (exact) mass is 855 g/mol. The van der Waals surface area contributed by atoms with Gasteiger partial charge >= 0.3 is 16.4 Å². The zero-order valence-electron chi connectivity index (χ0n) is 36.0. The van der Waals surface area contributed by atoms with Crippen LogP contribution in [0.4, 0.5) is 0 Å². The number of allylic oxidation sites excluding steroid dienone is 12. The first-order valence-electron chi connectivity index (χ1n) is 22.2. The molecule has 4 N–H and O–H groups in total. The van der Waals surface area contributed by atoms with E-state index in [-0.39, 0.29) is 19.6 Å². The van der Waals surface area contributed by atoms with E-state index in [1.165, 1.54) is 38.5 Å². The van der Waals surface area contributed by atoms with Crippen LogP contribution >= 0.6 is 0 Å². The molecule has 6 unspecified atom stereocenters. The molecule has 1 rings (SSSR count).